The SMILES string of the molecule is CCNC1(c2nc(C(C)C)cs2)CCOC(C)(C)C1. The van der Waals surface area contributed by atoms with Crippen molar-refractivity contribution in [2.45, 2.75) is 64.5 Å². The van der Waals surface area contributed by atoms with Gasteiger partial charge in [0.1, 0.15) is 5.01 Å². The maximum atomic E-state index is 5.88. The molecule has 0 amide bonds. The quantitative estimate of drug-likeness (QED) is 0.915. The van der Waals surface area contributed by atoms with Crippen LogP contribution in [-0.2, 0) is 10.3 Å². The standard InChI is InChI=1S/C15H26N2OS/c1-6-16-15(7-8-18-14(4,5)10-15)13-17-12(9-19-13)11(2)3/h9,11,16H,6-8,10H2,1-5H3. The van der Waals surface area contributed by atoms with Crippen LogP contribution in [-0.4, -0.2) is 23.7 Å². The minimum atomic E-state index is -0.0793. The van der Waals surface area contributed by atoms with Gasteiger partial charge in [-0.25, -0.2) is 4.98 Å². The molecule has 4 heteroatoms. The first-order valence-corrected chi connectivity index (χ1v) is 8.11. The second kappa shape index (κ2) is 5.51. The first kappa shape index (κ1) is 14.9. The van der Waals surface area contributed by atoms with Gasteiger partial charge in [-0.2, -0.15) is 0 Å². The Labute approximate surface area is 120 Å². The molecule has 0 spiro atoms. The molecule has 0 aromatic carbocycles. The predicted molar refractivity (Wildman–Crippen MR) is 80.8 cm³/mol. The first-order chi connectivity index (χ1) is 8.88. The van der Waals surface area contributed by atoms with Gasteiger partial charge in [-0.15, -0.1) is 11.3 Å². The van der Waals surface area contributed by atoms with E-state index >= 15 is 0 Å². The Morgan fingerprint density at radius 3 is 2.74 bits per heavy atom. The third-order valence-corrected chi connectivity index (χ3v) is 4.85. The fraction of sp³-hybridized carbons (Fsp3) is 0.800. The first-order valence-electron chi connectivity index (χ1n) is 7.23. The average molecular weight is 282 g/mol. The van der Waals surface area contributed by atoms with Gasteiger partial charge in [0.15, 0.2) is 0 Å². The number of nitrogens with zero attached hydrogens (tertiary/aromatic N) is 1. The largest absolute Gasteiger partial charge is 0.375 e. The molecule has 1 atom stereocenters. The number of hydrogen-bond acceptors (Lipinski definition) is 4. The van der Waals surface area contributed by atoms with Gasteiger partial charge in [-0.05, 0) is 32.7 Å². The van der Waals surface area contributed by atoms with Gasteiger partial charge in [0, 0.05) is 18.4 Å². The summed E-state index contributed by atoms with van der Waals surface area (Å²) in [5.74, 6) is 0.497. The van der Waals surface area contributed by atoms with E-state index < -0.39 is 0 Å². The summed E-state index contributed by atoms with van der Waals surface area (Å²) in [7, 11) is 0. The lowest BCUT2D eigenvalue weighted by Gasteiger charge is -2.44. The third kappa shape index (κ3) is 3.18. The van der Waals surface area contributed by atoms with Gasteiger partial charge in [-0.3, -0.25) is 0 Å². The van der Waals surface area contributed by atoms with E-state index in [1.807, 2.05) is 0 Å². The zero-order valence-corrected chi connectivity index (χ0v) is 13.6. The maximum Gasteiger partial charge on any atom is 0.113 e. The Kier molecular flexibility index (Phi) is 4.33. The van der Waals surface area contributed by atoms with Gasteiger partial charge in [0.2, 0.25) is 0 Å². The van der Waals surface area contributed by atoms with E-state index in [1.165, 1.54) is 10.7 Å². The summed E-state index contributed by atoms with van der Waals surface area (Å²) in [4.78, 5) is 4.89. The molecule has 19 heavy (non-hydrogen) atoms. The highest BCUT2D eigenvalue weighted by molar-refractivity contribution is 7.09. The summed E-state index contributed by atoms with van der Waals surface area (Å²) >= 11 is 1.79. The lowest BCUT2D eigenvalue weighted by atomic mass is 9.81. The van der Waals surface area contributed by atoms with E-state index in [4.69, 9.17) is 9.72 Å². The van der Waals surface area contributed by atoms with E-state index in [-0.39, 0.29) is 11.1 Å². The lowest BCUT2D eigenvalue weighted by molar-refractivity contribution is -0.0895. The molecule has 1 saturated heterocycles. The van der Waals surface area contributed by atoms with E-state index in [9.17, 15) is 0 Å². The normalized spacial score (nSPS) is 26.8. The third-order valence-electron chi connectivity index (χ3n) is 3.79. The molecule has 1 N–H and O–H groups in total. The van der Waals surface area contributed by atoms with Crippen molar-refractivity contribution in [2.75, 3.05) is 13.2 Å². The van der Waals surface area contributed by atoms with Crippen molar-refractivity contribution in [1.82, 2.24) is 10.3 Å². The van der Waals surface area contributed by atoms with E-state index in [0.717, 1.165) is 26.0 Å². The van der Waals surface area contributed by atoms with E-state index in [2.05, 4.69) is 45.3 Å². The monoisotopic (exact) mass is 282 g/mol. The molecular weight excluding hydrogens is 256 g/mol. The summed E-state index contributed by atoms with van der Waals surface area (Å²) in [6.07, 6.45) is 1.99. The highest BCUT2D eigenvalue weighted by Gasteiger charge is 2.43. The molecular formula is C15H26N2OS. The molecule has 1 aliphatic rings. The predicted octanol–water partition coefficient (Wildman–Crippen LogP) is 3.66. The molecule has 2 rings (SSSR count). The molecule has 108 valence electrons. The molecule has 0 radical (unpaired) electrons. The van der Waals surface area contributed by atoms with Crippen molar-refractivity contribution >= 4 is 11.3 Å². The topological polar surface area (TPSA) is 34.2 Å². The molecule has 0 saturated carbocycles. The molecule has 1 aromatic rings. The van der Waals surface area contributed by atoms with Crippen LogP contribution in [0.2, 0.25) is 0 Å². The summed E-state index contributed by atoms with van der Waals surface area (Å²) in [6.45, 7) is 12.7. The van der Waals surface area contributed by atoms with Crippen molar-refractivity contribution < 1.29 is 4.74 Å². The number of rotatable bonds is 4. The number of nitrogens with one attached hydrogen (secondary N) is 1. The van der Waals surface area contributed by atoms with Crippen molar-refractivity contribution in [1.29, 1.82) is 0 Å². The number of ether oxygens (including phenoxy) is 1. The molecule has 1 aliphatic heterocycles. The van der Waals surface area contributed by atoms with Gasteiger partial charge < -0.3 is 10.1 Å². The van der Waals surface area contributed by atoms with Crippen molar-refractivity contribution in [3.63, 3.8) is 0 Å². The summed E-state index contributed by atoms with van der Waals surface area (Å²) in [5, 5.41) is 7.13. The van der Waals surface area contributed by atoms with Gasteiger partial charge in [-0.1, -0.05) is 20.8 Å². The molecule has 3 nitrogen and oxygen atoms in total. The molecule has 2 heterocycles. The van der Waals surface area contributed by atoms with Crippen molar-refractivity contribution in [2.24, 2.45) is 0 Å². The van der Waals surface area contributed by atoms with Gasteiger partial charge in [0.25, 0.3) is 0 Å². The Bertz CT molecular complexity index is 424. The summed E-state index contributed by atoms with van der Waals surface area (Å²) in [6, 6.07) is 0. The zero-order valence-electron chi connectivity index (χ0n) is 12.7. The Hall–Kier alpha value is -0.450. The molecule has 1 fully saturated rings. The number of thiazole rings is 1. The van der Waals surface area contributed by atoms with Crippen LogP contribution in [0.1, 0.15) is 64.1 Å². The Morgan fingerprint density at radius 2 is 2.21 bits per heavy atom. The summed E-state index contributed by atoms with van der Waals surface area (Å²) in [5.41, 5.74) is 1.12. The second-order valence-electron chi connectivity index (χ2n) is 6.38. The molecule has 1 aromatic heterocycles. The molecule has 0 bridgehead atoms. The fourth-order valence-electron chi connectivity index (χ4n) is 2.89. The average Bonchev–Trinajstić information content (AvgIpc) is 2.77. The zero-order chi connectivity index (χ0) is 14.1. The second-order valence-corrected chi connectivity index (χ2v) is 7.24. The molecule has 1 unspecified atom stereocenters. The van der Waals surface area contributed by atoms with Crippen molar-refractivity contribution in [3.8, 4) is 0 Å². The molecule has 0 aliphatic carbocycles. The number of hydrogen-bond donors (Lipinski definition) is 1. The van der Waals surface area contributed by atoms with Crippen LogP contribution in [0.5, 0.6) is 0 Å². The van der Waals surface area contributed by atoms with Crippen LogP contribution >= 0.6 is 11.3 Å². The minimum absolute atomic E-state index is 0.00565. The highest BCUT2D eigenvalue weighted by atomic mass is 32.1. The lowest BCUT2D eigenvalue weighted by Crippen LogP contribution is -2.52. The minimum Gasteiger partial charge on any atom is -0.375 e. The fourth-order valence-corrected chi connectivity index (χ4v) is 4.07. The highest BCUT2D eigenvalue weighted by Crippen LogP contribution is 2.41. The van der Waals surface area contributed by atoms with Crippen LogP contribution in [0.3, 0.4) is 0 Å². The van der Waals surface area contributed by atoms with Crippen LogP contribution in [0, 0.1) is 0 Å². The summed E-state index contributed by atoms with van der Waals surface area (Å²) < 4.78 is 5.88. The van der Waals surface area contributed by atoms with Crippen LogP contribution in [0.4, 0.5) is 0 Å². The Balaban J connectivity index is 2.32. The van der Waals surface area contributed by atoms with Gasteiger partial charge in [0.05, 0.1) is 16.8 Å². The van der Waals surface area contributed by atoms with E-state index in [1.54, 1.807) is 11.3 Å². The maximum absolute atomic E-state index is 5.88. The van der Waals surface area contributed by atoms with Crippen LogP contribution in [0.25, 0.3) is 0 Å². The Morgan fingerprint density at radius 1 is 1.47 bits per heavy atom. The number of aromatic nitrogens is 1. The van der Waals surface area contributed by atoms with Crippen LogP contribution in [0.15, 0.2) is 5.38 Å². The smallest absolute Gasteiger partial charge is 0.113 e. The van der Waals surface area contributed by atoms with Crippen LogP contribution < -0.4 is 5.32 Å². The van der Waals surface area contributed by atoms with E-state index in [0.29, 0.717) is 5.92 Å². The van der Waals surface area contributed by atoms with Gasteiger partial charge >= 0.3 is 0 Å². The van der Waals surface area contributed by atoms with Crippen molar-refractivity contribution in [3.05, 3.63) is 16.1 Å².